The molecule has 2 saturated heterocycles. The molecule has 0 saturated carbocycles. The van der Waals surface area contributed by atoms with Crippen LogP contribution in [0.25, 0.3) is 10.8 Å². The van der Waals surface area contributed by atoms with E-state index in [1.807, 2.05) is 54.7 Å². The summed E-state index contributed by atoms with van der Waals surface area (Å²) in [6, 6.07) is 22.2. The van der Waals surface area contributed by atoms with Crippen molar-refractivity contribution in [3.63, 3.8) is 0 Å². The van der Waals surface area contributed by atoms with Crippen LogP contribution in [0.1, 0.15) is 47.6 Å². The lowest BCUT2D eigenvalue weighted by atomic mass is 9.96. The summed E-state index contributed by atoms with van der Waals surface area (Å²) in [4.78, 5) is 22.6. The van der Waals surface area contributed by atoms with Crippen molar-refractivity contribution >= 4 is 39.7 Å². The number of anilines is 1. The molecule has 2 N–H and O–H groups in total. The molecule has 4 aromatic rings. The Balaban J connectivity index is 1.21. The Morgan fingerprint density at radius 1 is 1.02 bits per heavy atom. The lowest BCUT2D eigenvalue weighted by Gasteiger charge is -2.28. The molecule has 4 heterocycles. The Bertz CT molecular complexity index is 1580. The summed E-state index contributed by atoms with van der Waals surface area (Å²) in [7, 11) is 0. The second kappa shape index (κ2) is 13.2. The van der Waals surface area contributed by atoms with Crippen molar-refractivity contribution in [2.24, 2.45) is 0 Å². The van der Waals surface area contributed by atoms with Crippen LogP contribution in [0.2, 0.25) is 0 Å². The number of rotatable bonds is 10. The average Bonchev–Trinajstić information content (AvgIpc) is 3.51. The molecule has 1 amide bonds. The van der Waals surface area contributed by atoms with Crippen molar-refractivity contribution in [2.45, 2.75) is 45.3 Å². The van der Waals surface area contributed by atoms with E-state index in [0.29, 0.717) is 18.1 Å². The lowest BCUT2D eigenvalue weighted by Crippen LogP contribution is -2.37. The number of aromatic nitrogens is 2. The first-order valence-corrected chi connectivity index (χ1v) is 15.6. The fraction of sp³-hybridized carbons (Fsp3) is 0.382. The molecule has 8 nitrogen and oxygen atoms in total. The number of thiocarbonyl (C=S) groups is 1. The monoisotopic (exact) mass is 596 g/mol. The highest BCUT2D eigenvalue weighted by Crippen LogP contribution is 2.41. The van der Waals surface area contributed by atoms with Gasteiger partial charge < -0.3 is 24.8 Å². The maximum Gasteiger partial charge on any atom is 0.226 e. The van der Waals surface area contributed by atoms with Crippen LogP contribution in [0.5, 0.6) is 0 Å². The molecule has 6 rings (SSSR count). The van der Waals surface area contributed by atoms with Gasteiger partial charge in [0.05, 0.1) is 31.0 Å². The number of aryl methyl sites for hydroxylation is 1. The molecular weight excluding hydrogens is 556 g/mol. The average molecular weight is 597 g/mol. The van der Waals surface area contributed by atoms with E-state index in [2.05, 4.69) is 57.0 Å². The highest BCUT2D eigenvalue weighted by Gasteiger charge is 2.41. The first kappa shape index (κ1) is 29.3. The molecule has 2 unspecified atom stereocenters. The fourth-order valence-corrected chi connectivity index (χ4v) is 6.83. The Morgan fingerprint density at radius 3 is 2.63 bits per heavy atom. The summed E-state index contributed by atoms with van der Waals surface area (Å²) in [5, 5.41) is 9.47. The van der Waals surface area contributed by atoms with Crippen molar-refractivity contribution in [1.82, 2.24) is 24.7 Å². The smallest absolute Gasteiger partial charge is 0.226 e. The topological polar surface area (TPSA) is 74.7 Å². The van der Waals surface area contributed by atoms with Gasteiger partial charge in [-0.1, -0.05) is 42.5 Å². The summed E-state index contributed by atoms with van der Waals surface area (Å²) in [5.41, 5.74) is 5.47. The van der Waals surface area contributed by atoms with E-state index in [-0.39, 0.29) is 18.0 Å². The van der Waals surface area contributed by atoms with Gasteiger partial charge in [0.2, 0.25) is 5.91 Å². The molecule has 0 aliphatic carbocycles. The van der Waals surface area contributed by atoms with Gasteiger partial charge in [-0.3, -0.25) is 14.7 Å². The van der Waals surface area contributed by atoms with E-state index in [4.69, 9.17) is 21.9 Å². The van der Waals surface area contributed by atoms with E-state index in [0.717, 1.165) is 68.0 Å². The molecule has 2 aliphatic rings. The van der Waals surface area contributed by atoms with Gasteiger partial charge in [0.1, 0.15) is 0 Å². The molecule has 2 fully saturated rings. The highest BCUT2D eigenvalue weighted by molar-refractivity contribution is 7.80. The quantitative estimate of drug-likeness (QED) is 0.238. The minimum absolute atomic E-state index is 0.0345. The van der Waals surface area contributed by atoms with Gasteiger partial charge in [-0.25, -0.2) is 0 Å². The number of carbonyl (C=O) groups is 1. The number of morpholine rings is 1. The van der Waals surface area contributed by atoms with E-state index < -0.39 is 0 Å². The van der Waals surface area contributed by atoms with Crippen molar-refractivity contribution in [3.05, 3.63) is 95.6 Å². The van der Waals surface area contributed by atoms with Crippen molar-refractivity contribution in [3.8, 4) is 0 Å². The van der Waals surface area contributed by atoms with Crippen molar-refractivity contribution < 1.29 is 9.53 Å². The van der Waals surface area contributed by atoms with Crippen LogP contribution in [0.3, 0.4) is 0 Å². The Hall–Kier alpha value is -3.79. The number of hydrogen-bond donors (Lipinski definition) is 2. The van der Waals surface area contributed by atoms with Crippen LogP contribution in [0.15, 0.2) is 72.9 Å². The molecule has 2 atom stereocenters. The van der Waals surface area contributed by atoms with Crippen LogP contribution >= 0.6 is 12.2 Å². The predicted octanol–water partition coefficient (Wildman–Crippen LogP) is 5.38. The summed E-state index contributed by atoms with van der Waals surface area (Å²) in [5.74, 6) is -0.0345. The number of fused-ring (bicyclic) bond motifs is 1. The zero-order valence-electron chi connectivity index (χ0n) is 25.0. The Labute approximate surface area is 259 Å². The van der Waals surface area contributed by atoms with Gasteiger partial charge in [-0.05, 0) is 67.7 Å². The fourth-order valence-electron chi connectivity index (χ4n) is 6.50. The molecule has 224 valence electrons. The maximum absolute atomic E-state index is 13.3. The number of nitrogens with one attached hydrogen (secondary N) is 2. The third-order valence-corrected chi connectivity index (χ3v) is 9.08. The molecule has 2 aromatic heterocycles. The van der Waals surface area contributed by atoms with Crippen LogP contribution in [0, 0.1) is 13.8 Å². The van der Waals surface area contributed by atoms with Crippen molar-refractivity contribution in [2.75, 3.05) is 44.7 Å². The van der Waals surface area contributed by atoms with Crippen LogP contribution < -0.4 is 10.6 Å². The third kappa shape index (κ3) is 6.44. The summed E-state index contributed by atoms with van der Waals surface area (Å²) < 4.78 is 7.94. The minimum Gasteiger partial charge on any atom is -0.379 e. The summed E-state index contributed by atoms with van der Waals surface area (Å²) >= 11 is 5.90. The second-order valence-corrected chi connectivity index (χ2v) is 11.8. The van der Waals surface area contributed by atoms with E-state index in [9.17, 15) is 4.79 Å². The molecule has 0 spiro atoms. The molecule has 2 aromatic carbocycles. The van der Waals surface area contributed by atoms with Gasteiger partial charge in [-0.2, -0.15) is 0 Å². The number of nitrogens with zero attached hydrogens (tertiary/aromatic N) is 4. The molecule has 9 heteroatoms. The standard InChI is InChI=1S/C34H40N6O2S/c1-24-23-28(25(2)39(24)17-8-16-38-19-21-42-22-20-38)33-32(30-12-5-6-15-35-30)37-34(43)40(33)18-14-31(41)36-29-13-7-10-26-9-3-4-11-27(26)29/h3-7,9-13,15,23,32-33H,8,14,16-22H2,1-2H3,(H,36,41)(H,37,43). The van der Waals surface area contributed by atoms with E-state index in [1.54, 1.807) is 0 Å². The van der Waals surface area contributed by atoms with E-state index in [1.165, 1.54) is 17.0 Å². The van der Waals surface area contributed by atoms with Gasteiger partial charge in [0.15, 0.2) is 5.11 Å². The molecule has 0 bridgehead atoms. The Morgan fingerprint density at radius 2 is 1.81 bits per heavy atom. The van der Waals surface area contributed by atoms with Crippen LogP contribution in [0.4, 0.5) is 5.69 Å². The summed E-state index contributed by atoms with van der Waals surface area (Å²) in [6.45, 7) is 10.6. The first-order valence-electron chi connectivity index (χ1n) is 15.2. The molecular formula is C34H40N6O2S. The maximum atomic E-state index is 13.3. The zero-order valence-corrected chi connectivity index (χ0v) is 25.8. The number of benzene rings is 2. The Kier molecular flexibility index (Phi) is 9.02. The SMILES string of the molecule is Cc1cc(C2C(c3ccccn3)NC(=S)N2CCC(=O)Nc2cccc3ccccc23)c(C)n1CCCN1CCOCC1. The highest BCUT2D eigenvalue weighted by atomic mass is 32.1. The van der Waals surface area contributed by atoms with Gasteiger partial charge in [-0.15, -0.1) is 0 Å². The predicted molar refractivity (Wildman–Crippen MR) is 175 cm³/mol. The van der Waals surface area contributed by atoms with Gasteiger partial charge >= 0.3 is 0 Å². The normalized spacial score (nSPS) is 19.1. The largest absolute Gasteiger partial charge is 0.379 e. The number of ether oxygens (including phenoxy) is 1. The van der Waals surface area contributed by atoms with Gasteiger partial charge in [0, 0.05) is 67.8 Å². The molecule has 43 heavy (non-hydrogen) atoms. The zero-order chi connectivity index (χ0) is 29.8. The second-order valence-electron chi connectivity index (χ2n) is 11.4. The van der Waals surface area contributed by atoms with Gasteiger partial charge in [0.25, 0.3) is 0 Å². The van der Waals surface area contributed by atoms with Crippen LogP contribution in [-0.2, 0) is 16.1 Å². The molecule has 2 aliphatic heterocycles. The summed E-state index contributed by atoms with van der Waals surface area (Å²) in [6.07, 6.45) is 3.22. The number of amides is 1. The first-order chi connectivity index (χ1) is 21.0. The van der Waals surface area contributed by atoms with Crippen molar-refractivity contribution in [1.29, 1.82) is 0 Å². The minimum atomic E-state index is -0.114. The lowest BCUT2D eigenvalue weighted by molar-refractivity contribution is -0.116. The number of carbonyl (C=O) groups excluding carboxylic acids is 1. The molecule has 0 radical (unpaired) electrons. The third-order valence-electron chi connectivity index (χ3n) is 8.73. The number of hydrogen-bond acceptors (Lipinski definition) is 5. The van der Waals surface area contributed by atoms with E-state index >= 15 is 0 Å². The number of pyridine rings is 1. The van der Waals surface area contributed by atoms with Crippen LogP contribution in [-0.4, -0.2) is 69.8 Å².